The van der Waals surface area contributed by atoms with Crippen molar-refractivity contribution < 1.29 is 19.8 Å². The first-order valence-corrected chi connectivity index (χ1v) is 9.71. The molecule has 0 aliphatic carbocycles. The van der Waals surface area contributed by atoms with E-state index in [1.807, 2.05) is 6.08 Å². The molecule has 4 nitrogen and oxygen atoms in total. The Balaban J connectivity index is 3.06. The van der Waals surface area contributed by atoms with E-state index in [1.54, 1.807) is 6.08 Å². The van der Waals surface area contributed by atoms with Crippen LogP contribution < -0.4 is 0 Å². The van der Waals surface area contributed by atoms with Gasteiger partial charge in [-0.3, -0.25) is 9.59 Å². The standard InChI is InChI=1S/C20H36O4/c21-19(22)17-15-13-11-9-7-5-3-1-2-4-6-8-10-12-14-16-18-20(23)24/h13,15H,1-12,14,16-18H2,(H,21,22)(H,23,24)/b15-13-. The van der Waals surface area contributed by atoms with Gasteiger partial charge in [-0.1, -0.05) is 82.8 Å². The molecule has 0 saturated heterocycles. The van der Waals surface area contributed by atoms with Gasteiger partial charge in [0.15, 0.2) is 0 Å². The number of carboxylic acids is 2. The van der Waals surface area contributed by atoms with E-state index in [2.05, 4.69) is 0 Å². The molecule has 0 aromatic rings. The second-order valence-electron chi connectivity index (χ2n) is 6.60. The zero-order valence-corrected chi connectivity index (χ0v) is 15.2. The summed E-state index contributed by atoms with van der Waals surface area (Å²) in [5, 5.41) is 17.0. The largest absolute Gasteiger partial charge is 0.481 e. The Labute approximate surface area is 147 Å². The van der Waals surface area contributed by atoms with Crippen LogP contribution >= 0.6 is 0 Å². The number of carboxylic acid groups (broad SMARTS) is 2. The van der Waals surface area contributed by atoms with Crippen LogP contribution in [-0.2, 0) is 9.59 Å². The van der Waals surface area contributed by atoms with Crippen molar-refractivity contribution in [3.05, 3.63) is 12.2 Å². The van der Waals surface area contributed by atoms with E-state index in [4.69, 9.17) is 10.2 Å². The van der Waals surface area contributed by atoms with Crippen LogP contribution in [0.15, 0.2) is 12.2 Å². The average Bonchev–Trinajstić information content (AvgIpc) is 2.53. The van der Waals surface area contributed by atoms with Gasteiger partial charge in [0, 0.05) is 6.42 Å². The van der Waals surface area contributed by atoms with Crippen LogP contribution in [0.1, 0.15) is 103 Å². The molecule has 0 radical (unpaired) electrons. The summed E-state index contributed by atoms with van der Waals surface area (Å²) in [5.41, 5.74) is 0. The number of aliphatic carboxylic acids is 2. The molecule has 0 aromatic carbocycles. The van der Waals surface area contributed by atoms with Gasteiger partial charge in [0.1, 0.15) is 0 Å². The van der Waals surface area contributed by atoms with E-state index >= 15 is 0 Å². The van der Waals surface area contributed by atoms with Gasteiger partial charge in [0.05, 0.1) is 6.42 Å². The highest BCUT2D eigenvalue weighted by molar-refractivity contribution is 5.68. The highest BCUT2D eigenvalue weighted by Crippen LogP contribution is 2.13. The fraction of sp³-hybridized carbons (Fsp3) is 0.800. The van der Waals surface area contributed by atoms with Crippen molar-refractivity contribution in [1.82, 2.24) is 0 Å². The molecule has 0 atom stereocenters. The van der Waals surface area contributed by atoms with Gasteiger partial charge in [-0.15, -0.1) is 0 Å². The van der Waals surface area contributed by atoms with Crippen LogP contribution in [0.5, 0.6) is 0 Å². The topological polar surface area (TPSA) is 74.6 Å². The average molecular weight is 341 g/mol. The number of hydrogen-bond acceptors (Lipinski definition) is 2. The molecule has 0 bridgehead atoms. The summed E-state index contributed by atoms with van der Waals surface area (Å²) >= 11 is 0. The normalized spacial score (nSPS) is 11.2. The second kappa shape index (κ2) is 18.0. The van der Waals surface area contributed by atoms with Crippen molar-refractivity contribution in [2.24, 2.45) is 0 Å². The fourth-order valence-corrected chi connectivity index (χ4v) is 2.78. The molecule has 0 aliphatic rings. The van der Waals surface area contributed by atoms with Crippen LogP contribution in [0.2, 0.25) is 0 Å². The molecule has 0 heterocycles. The van der Waals surface area contributed by atoms with Crippen molar-refractivity contribution in [2.75, 3.05) is 0 Å². The molecule has 0 amide bonds. The Morgan fingerprint density at radius 2 is 0.958 bits per heavy atom. The summed E-state index contributed by atoms with van der Waals surface area (Å²) in [6, 6.07) is 0. The lowest BCUT2D eigenvalue weighted by atomic mass is 10.0. The minimum atomic E-state index is -0.760. The summed E-state index contributed by atoms with van der Waals surface area (Å²) in [5.74, 6) is -1.44. The maximum absolute atomic E-state index is 10.4. The zero-order chi connectivity index (χ0) is 17.9. The number of allylic oxidation sites excluding steroid dienone is 1. The molecule has 4 heteroatoms. The number of rotatable bonds is 18. The Bertz CT molecular complexity index is 337. The Morgan fingerprint density at radius 1 is 0.542 bits per heavy atom. The third kappa shape index (κ3) is 20.7. The monoisotopic (exact) mass is 340 g/mol. The van der Waals surface area contributed by atoms with Crippen LogP contribution in [0, 0.1) is 0 Å². The number of hydrogen-bond donors (Lipinski definition) is 2. The lowest BCUT2D eigenvalue weighted by Gasteiger charge is -2.03. The van der Waals surface area contributed by atoms with E-state index in [9.17, 15) is 9.59 Å². The van der Waals surface area contributed by atoms with E-state index < -0.39 is 11.9 Å². The maximum atomic E-state index is 10.4. The third-order valence-electron chi connectivity index (χ3n) is 4.22. The lowest BCUT2D eigenvalue weighted by molar-refractivity contribution is -0.137. The maximum Gasteiger partial charge on any atom is 0.307 e. The lowest BCUT2D eigenvalue weighted by Crippen LogP contribution is -1.93. The summed E-state index contributed by atoms with van der Waals surface area (Å²) in [6.07, 6.45) is 21.1. The fourth-order valence-electron chi connectivity index (χ4n) is 2.78. The van der Waals surface area contributed by atoms with E-state index in [0.717, 1.165) is 25.7 Å². The predicted molar refractivity (Wildman–Crippen MR) is 98.3 cm³/mol. The van der Waals surface area contributed by atoms with Gasteiger partial charge >= 0.3 is 11.9 Å². The Kier molecular flexibility index (Phi) is 17.0. The Hall–Kier alpha value is -1.32. The number of unbranched alkanes of at least 4 members (excludes halogenated alkanes) is 13. The molecule has 0 unspecified atom stereocenters. The zero-order valence-electron chi connectivity index (χ0n) is 15.2. The van der Waals surface area contributed by atoms with E-state index in [1.165, 1.54) is 64.2 Å². The first-order valence-electron chi connectivity index (χ1n) is 9.71. The van der Waals surface area contributed by atoms with Crippen LogP contribution in [-0.4, -0.2) is 22.2 Å². The quantitative estimate of drug-likeness (QED) is 0.239. The first kappa shape index (κ1) is 22.7. The Morgan fingerprint density at radius 3 is 1.38 bits per heavy atom. The van der Waals surface area contributed by atoms with Gasteiger partial charge in [0.25, 0.3) is 0 Å². The van der Waals surface area contributed by atoms with Crippen molar-refractivity contribution in [2.45, 2.75) is 103 Å². The minimum absolute atomic E-state index is 0.141. The molecule has 0 saturated carbocycles. The highest BCUT2D eigenvalue weighted by atomic mass is 16.4. The van der Waals surface area contributed by atoms with Crippen molar-refractivity contribution >= 4 is 11.9 Å². The molecule has 0 fully saturated rings. The van der Waals surface area contributed by atoms with E-state index in [-0.39, 0.29) is 6.42 Å². The molecule has 140 valence electrons. The van der Waals surface area contributed by atoms with Gasteiger partial charge < -0.3 is 10.2 Å². The van der Waals surface area contributed by atoms with Gasteiger partial charge in [-0.25, -0.2) is 0 Å². The molecular weight excluding hydrogens is 304 g/mol. The predicted octanol–water partition coefficient (Wildman–Crippen LogP) is 5.95. The van der Waals surface area contributed by atoms with Crippen molar-refractivity contribution in [3.63, 3.8) is 0 Å². The molecular formula is C20H36O4. The minimum Gasteiger partial charge on any atom is -0.481 e. The first-order chi connectivity index (χ1) is 11.6. The molecule has 0 spiro atoms. The third-order valence-corrected chi connectivity index (χ3v) is 4.22. The van der Waals surface area contributed by atoms with Crippen molar-refractivity contribution in [3.8, 4) is 0 Å². The summed E-state index contributed by atoms with van der Waals surface area (Å²) in [7, 11) is 0. The summed E-state index contributed by atoms with van der Waals surface area (Å²) in [4.78, 5) is 20.7. The van der Waals surface area contributed by atoms with Crippen molar-refractivity contribution in [1.29, 1.82) is 0 Å². The summed E-state index contributed by atoms with van der Waals surface area (Å²) in [6.45, 7) is 0. The molecule has 0 aliphatic heterocycles. The SMILES string of the molecule is O=C(O)C/C=C\CCCCCCCCCCCCCCCC(=O)O. The molecule has 0 rings (SSSR count). The van der Waals surface area contributed by atoms with Crippen LogP contribution in [0.25, 0.3) is 0 Å². The highest BCUT2D eigenvalue weighted by Gasteiger charge is 1.97. The smallest absolute Gasteiger partial charge is 0.307 e. The van der Waals surface area contributed by atoms with Crippen LogP contribution in [0.3, 0.4) is 0 Å². The van der Waals surface area contributed by atoms with E-state index in [0.29, 0.717) is 6.42 Å². The second-order valence-corrected chi connectivity index (χ2v) is 6.60. The van der Waals surface area contributed by atoms with Gasteiger partial charge in [0.2, 0.25) is 0 Å². The van der Waals surface area contributed by atoms with Gasteiger partial charge in [-0.05, 0) is 19.3 Å². The van der Waals surface area contributed by atoms with Gasteiger partial charge in [-0.2, -0.15) is 0 Å². The molecule has 2 N–H and O–H groups in total. The summed E-state index contributed by atoms with van der Waals surface area (Å²) < 4.78 is 0. The molecule has 0 aromatic heterocycles. The molecule has 24 heavy (non-hydrogen) atoms. The van der Waals surface area contributed by atoms with Crippen LogP contribution in [0.4, 0.5) is 0 Å². The number of carbonyl (C=O) groups is 2.